The van der Waals surface area contributed by atoms with Crippen LogP contribution < -0.4 is 5.30 Å². The van der Waals surface area contributed by atoms with Gasteiger partial charge in [-0.05, 0) is 53.8 Å². The zero-order chi connectivity index (χ0) is 14.3. The van der Waals surface area contributed by atoms with E-state index in [9.17, 15) is 0 Å². The highest BCUT2D eigenvalue weighted by atomic mass is 31.2. The van der Waals surface area contributed by atoms with Crippen LogP contribution in [0.25, 0.3) is 0 Å². The van der Waals surface area contributed by atoms with E-state index in [1.807, 2.05) is 0 Å². The molecule has 1 heterocycles. The maximum Gasteiger partial charge on any atom is 0.0946 e. The molecule has 1 aromatic rings. The molecule has 0 bridgehead atoms. The van der Waals surface area contributed by atoms with E-state index in [1.165, 1.54) is 12.3 Å². The Morgan fingerprint density at radius 2 is 1.47 bits per heavy atom. The number of benzene rings is 1. The molecule has 1 aromatic carbocycles. The van der Waals surface area contributed by atoms with Crippen molar-refractivity contribution in [3.05, 3.63) is 30.3 Å². The summed E-state index contributed by atoms with van der Waals surface area (Å²) >= 11 is 0. The molecule has 1 aliphatic heterocycles. The molecule has 0 radical (unpaired) electrons. The van der Waals surface area contributed by atoms with Crippen molar-refractivity contribution >= 4 is 12.6 Å². The Morgan fingerprint density at radius 1 is 1.00 bits per heavy atom. The summed E-state index contributed by atoms with van der Waals surface area (Å²) in [6.07, 6.45) is 2.72. The zero-order valence-electron chi connectivity index (χ0n) is 13.4. The molecule has 1 aliphatic rings. The first kappa shape index (κ1) is 15.0. The Bertz CT molecular complexity index is 409. The molecule has 0 aromatic heterocycles. The van der Waals surface area contributed by atoms with Gasteiger partial charge in [-0.3, -0.25) is 4.90 Å². The second kappa shape index (κ2) is 5.19. The fraction of sp³-hybridized carbons (Fsp3) is 0.647. The van der Waals surface area contributed by atoms with E-state index in [-0.39, 0.29) is 0 Å². The van der Waals surface area contributed by atoms with Crippen LogP contribution in [0.4, 0.5) is 0 Å². The van der Waals surface area contributed by atoms with Crippen LogP contribution >= 0.6 is 7.26 Å². The Balaban J connectivity index is 2.49. The number of nitrogens with zero attached hydrogens (tertiary/aromatic N) is 1. The Labute approximate surface area is 119 Å². The monoisotopic (exact) mass is 278 g/mol. The number of hydrogen-bond donors (Lipinski definition) is 0. The van der Waals surface area contributed by atoms with Crippen LogP contribution in [0.3, 0.4) is 0 Å². The number of rotatable bonds is 1. The minimum atomic E-state index is -1.12. The van der Waals surface area contributed by atoms with Crippen LogP contribution in [0.15, 0.2) is 30.3 Å². The lowest BCUT2D eigenvalue weighted by Crippen LogP contribution is -2.52. The van der Waals surface area contributed by atoms with E-state index >= 15 is 0 Å². The lowest BCUT2D eigenvalue weighted by atomic mass is 10.2. The van der Waals surface area contributed by atoms with Gasteiger partial charge in [0.1, 0.15) is 0 Å². The van der Waals surface area contributed by atoms with E-state index in [0.717, 1.165) is 0 Å². The molecule has 1 saturated heterocycles. The lowest BCUT2D eigenvalue weighted by Gasteiger charge is -2.48. The fourth-order valence-corrected chi connectivity index (χ4v) is 9.03. The molecule has 0 spiro atoms. The van der Waals surface area contributed by atoms with Crippen molar-refractivity contribution in [2.75, 3.05) is 19.4 Å². The summed E-state index contributed by atoms with van der Waals surface area (Å²) in [7, 11) is 1.17. The standard InChI is InChI=1S/C17H29NP/c1-14-12-19(17(3,4)5,13-15(2)18(14)6)16-10-8-7-9-11-16/h7-11,14-15H,12-13H2,1-6H3/q+1/t14-,15-/m0/s1. The largest absolute Gasteiger partial charge is 0.294 e. The number of hydrogen-bond acceptors (Lipinski definition) is 1. The predicted molar refractivity (Wildman–Crippen MR) is 89.2 cm³/mol. The summed E-state index contributed by atoms with van der Waals surface area (Å²) < 4.78 is 0. The minimum absolute atomic E-state index is 0.401. The molecule has 0 saturated carbocycles. The van der Waals surface area contributed by atoms with Crippen molar-refractivity contribution < 1.29 is 0 Å². The molecule has 2 rings (SSSR count). The van der Waals surface area contributed by atoms with Crippen LogP contribution in [-0.4, -0.2) is 41.5 Å². The van der Waals surface area contributed by atoms with Crippen LogP contribution in [0, 0.1) is 0 Å². The third-order valence-corrected chi connectivity index (χ3v) is 11.2. The summed E-state index contributed by atoms with van der Waals surface area (Å²) in [4.78, 5) is 2.56. The van der Waals surface area contributed by atoms with Crippen molar-refractivity contribution in [1.29, 1.82) is 0 Å². The quantitative estimate of drug-likeness (QED) is 0.705. The molecule has 0 amide bonds. The first-order valence-corrected chi connectivity index (χ1v) is 9.58. The Hall–Kier alpha value is -0.390. The zero-order valence-corrected chi connectivity index (χ0v) is 14.2. The van der Waals surface area contributed by atoms with Crippen molar-refractivity contribution in [2.24, 2.45) is 0 Å². The van der Waals surface area contributed by atoms with Gasteiger partial charge in [0.05, 0.1) is 30.0 Å². The van der Waals surface area contributed by atoms with Gasteiger partial charge in [0.25, 0.3) is 0 Å². The van der Waals surface area contributed by atoms with Gasteiger partial charge in [0.2, 0.25) is 0 Å². The fourth-order valence-electron chi connectivity index (χ4n) is 3.53. The molecule has 1 fully saturated rings. The van der Waals surface area contributed by atoms with Crippen LogP contribution in [0.2, 0.25) is 0 Å². The molecular weight excluding hydrogens is 249 g/mol. The van der Waals surface area contributed by atoms with Crippen molar-refractivity contribution in [2.45, 2.75) is 51.9 Å². The van der Waals surface area contributed by atoms with E-state index in [2.05, 4.69) is 76.9 Å². The van der Waals surface area contributed by atoms with Crippen LogP contribution in [-0.2, 0) is 0 Å². The molecule has 106 valence electrons. The molecular formula is C17H29NP+. The highest BCUT2D eigenvalue weighted by molar-refractivity contribution is 7.84. The van der Waals surface area contributed by atoms with E-state index in [1.54, 1.807) is 5.30 Å². The topological polar surface area (TPSA) is 3.24 Å². The van der Waals surface area contributed by atoms with Gasteiger partial charge < -0.3 is 0 Å². The van der Waals surface area contributed by atoms with Gasteiger partial charge in [-0.25, -0.2) is 0 Å². The van der Waals surface area contributed by atoms with Gasteiger partial charge >= 0.3 is 0 Å². The van der Waals surface area contributed by atoms with Crippen molar-refractivity contribution in [3.8, 4) is 0 Å². The smallest absolute Gasteiger partial charge is 0.0946 e. The van der Waals surface area contributed by atoms with E-state index in [0.29, 0.717) is 17.2 Å². The summed E-state index contributed by atoms with van der Waals surface area (Å²) in [5.41, 5.74) is 0. The highest BCUT2D eigenvalue weighted by Crippen LogP contribution is 2.70. The minimum Gasteiger partial charge on any atom is -0.294 e. The molecule has 0 N–H and O–H groups in total. The highest BCUT2D eigenvalue weighted by Gasteiger charge is 2.55. The molecule has 19 heavy (non-hydrogen) atoms. The summed E-state index contributed by atoms with van der Waals surface area (Å²) in [5.74, 6) is 0. The van der Waals surface area contributed by atoms with Gasteiger partial charge in [-0.2, -0.15) is 0 Å². The normalized spacial score (nSPS) is 33.4. The van der Waals surface area contributed by atoms with Gasteiger partial charge in [0.15, 0.2) is 0 Å². The second-order valence-electron chi connectivity index (χ2n) is 7.20. The third-order valence-electron chi connectivity index (χ3n) is 5.08. The summed E-state index contributed by atoms with van der Waals surface area (Å²) in [5, 5.41) is 2.03. The van der Waals surface area contributed by atoms with Gasteiger partial charge in [0, 0.05) is 12.1 Å². The SMILES string of the molecule is C[C@H]1C[P+](c2ccccc2)(C(C)(C)C)C[C@H](C)N1C. The van der Waals surface area contributed by atoms with Crippen molar-refractivity contribution in [3.63, 3.8) is 0 Å². The first-order chi connectivity index (χ1) is 8.78. The lowest BCUT2D eigenvalue weighted by molar-refractivity contribution is 0.214. The third kappa shape index (κ3) is 2.60. The Morgan fingerprint density at radius 3 is 1.89 bits per heavy atom. The maximum atomic E-state index is 2.56. The first-order valence-electron chi connectivity index (χ1n) is 7.43. The van der Waals surface area contributed by atoms with Crippen LogP contribution in [0.1, 0.15) is 34.6 Å². The van der Waals surface area contributed by atoms with Crippen molar-refractivity contribution in [1.82, 2.24) is 4.90 Å². The van der Waals surface area contributed by atoms with E-state index in [4.69, 9.17) is 0 Å². The van der Waals surface area contributed by atoms with Crippen LogP contribution in [0.5, 0.6) is 0 Å². The second-order valence-corrected chi connectivity index (χ2v) is 11.7. The van der Waals surface area contributed by atoms with Gasteiger partial charge in [-0.15, -0.1) is 0 Å². The predicted octanol–water partition coefficient (Wildman–Crippen LogP) is 3.85. The molecule has 2 heteroatoms. The average molecular weight is 278 g/mol. The summed E-state index contributed by atoms with van der Waals surface area (Å²) in [6.45, 7) is 12.2. The maximum absolute atomic E-state index is 2.56. The molecule has 0 unspecified atom stereocenters. The molecule has 0 aliphatic carbocycles. The Kier molecular flexibility index (Phi) is 4.10. The molecule has 2 atom stereocenters. The summed E-state index contributed by atoms with van der Waals surface area (Å²) in [6, 6.07) is 12.7. The van der Waals surface area contributed by atoms with E-state index < -0.39 is 7.26 Å². The molecule has 1 nitrogen and oxygen atoms in total. The average Bonchev–Trinajstić information content (AvgIpc) is 2.35. The van der Waals surface area contributed by atoms with Gasteiger partial charge in [-0.1, -0.05) is 18.2 Å².